The largest absolute Gasteiger partial charge is 0.369 e. The van der Waals surface area contributed by atoms with Crippen molar-refractivity contribution in [1.82, 2.24) is 9.80 Å². The summed E-state index contributed by atoms with van der Waals surface area (Å²) >= 11 is 0. The standard InChI is InChI=1S/C11H18N2.2C2H6/c1-12-7-9-13(10-8-12)11-5-3-2-4-6-11;2*1-2/h3,5-6H,2,4,7-10H2,1H3;2*1-2H3. The summed E-state index contributed by atoms with van der Waals surface area (Å²) in [5, 5.41) is 0. The first-order valence-electron chi connectivity index (χ1n) is 7.16. The molecule has 1 fully saturated rings. The van der Waals surface area contributed by atoms with Crippen LogP contribution in [-0.2, 0) is 0 Å². The first-order valence-corrected chi connectivity index (χ1v) is 7.16. The molecule has 2 nitrogen and oxygen atoms in total. The van der Waals surface area contributed by atoms with Crippen LogP contribution in [0.1, 0.15) is 40.5 Å². The van der Waals surface area contributed by atoms with Gasteiger partial charge in [0.25, 0.3) is 0 Å². The number of hydrogen-bond donors (Lipinski definition) is 0. The number of piperazine rings is 1. The second-order valence-electron chi connectivity index (χ2n) is 3.90. The Labute approximate surface area is 108 Å². The molecule has 100 valence electrons. The second kappa shape index (κ2) is 10.4. The Morgan fingerprint density at radius 2 is 1.47 bits per heavy atom. The molecular formula is C15H30N2. The van der Waals surface area contributed by atoms with Crippen molar-refractivity contribution in [3.8, 4) is 0 Å². The van der Waals surface area contributed by atoms with Gasteiger partial charge in [0.1, 0.15) is 0 Å². The van der Waals surface area contributed by atoms with Crippen LogP contribution in [0.4, 0.5) is 0 Å². The predicted octanol–water partition coefficient (Wildman–Crippen LogP) is 3.52. The Kier molecular flexibility index (Phi) is 9.93. The van der Waals surface area contributed by atoms with Crippen molar-refractivity contribution >= 4 is 0 Å². The fraction of sp³-hybridized carbons (Fsp3) is 0.733. The van der Waals surface area contributed by atoms with E-state index in [1.165, 1.54) is 44.7 Å². The van der Waals surface area contributed by atoms with E-state index in [4.69, 9.17) is 0 Å². The Bertz CT molecular complexity index is 223. The normalized spacial score (nSPS) is 19.6. The average Bonchev–Trinajstić information content (AvgIpc) is 2.45. The lowest BCUT2D eigenvalue weighted by atomic mass is 10.1. The molecule has 0 amide bonds. The van der Waals surface area contributed by atoms with Crippen LogP contribution in [0.2, 0.25) is 0 Å². The van der Waals surface area contributed by atoms with Crippen LogP contribution in [0, 0.1) is 0 Å². The zero-order chi connectivity index (χ0) is 13.1. The first kappa shape index (κ1) is 16.2. The zero-order valence-electron chi connectivity index (χ0n) is 12.4. The molecule has 1 saturated heterocycles. The van der Waals surface area contributed by atoms with Crippen LogP contribution >= 0.6 is 0 Å². The smallest absolute Gasteiger partial charge is 0.0323 e. The van der Waals surface area contributed by atoms with Gasteiger partial charge >= 0.3 is 0 Å². The Morgan fingerprint density at radius 1 is 0.882 bits per heavy atom. The predicted molar refractivity (Wildman–Crippen MR) is 78.2 cm³/mol. The minimum absolute atomic E-state index is 1.19. The van der Waals surface area contributed by atoms with E-state index < -0.39 is 0 Å². The van der Waals surface area contributed by atoms with E-state index in [0.29, 0.717) is 0 Å². The quantitative estimate of drug-likeness (QED) is 0.689. The maximum Gasteiger partial charge on any atom is 0.0323 e. The number of nitrogens with zero attached hydrogens (tertiary/aromatic N) is 2. The molecule has 0 radical (unpaired) electrons. The number of hydrogen-bond acceptors (Lipinski definition) is 2. The molecule has 0 spiro atoms. The molecule has 0 unspecified atom stereocenters. The molecule has 0 aromatic carbocycles. The summed E-state index contributed by atoms with van der Waals surface area (Å²) in [7, 11) is 2.20. The second-order valence-corrected chi connectivity index (χ2v) is 3.90. The van der Waals surface area contributed by atoms with E-state index in [-0.39, 0.29) is 0 Å². The summed E-state index contributed by atoms with van der Waals surface area (Å²) in [5.41, 5.74) is 1.44. The van der Waals surface area contributed by atoms with E-state index in [0.717, 1.165) is 0 Å². The topological polar surface area (TPSA) is 6.48 Å². The fourth-order valence-corrected chi connectivity index (χ4v) is 1.90. The highest BCUT2D eigenvalue weighted by atomic mass is 15.2. The monoisotopic (exact) mass is 238 g/mol. The SMILES string of the molecule is CC.CC.CN1CCN(C2=CCCC=C2)CC1. The summed E-state index contributed by atoms with van der Waals surface area (Å²) in [6, 6.07) is 0. The lowest BCUT2D eigenvalue weighted by Crippen LogP contribution is -2.43. The molecule has 0 saturated carbocycles. The third-order valence-electron chi connectivity index (χ3n) is 2.84. The summed E-state index contributed by atoms with van der Waals surface area (Å²) in [6.07, 6.45) is 9.36. The molecular weight excluding hydrogens is 208 g/mol. The van der Waals surface area contributed by atoms with Gasteiger partial charge in [0, 0.05) is 31.9 Å². The Hall–Kier alpha value is -0.760. The first-order chi connectivity index (χ1) is 8.36. The Balaban J connectivity index is 0.000000581. The van der Waals surface area contributed by atoms with E-state index in [1.807, 2.05) is 27.7 Å². The van der Waals surface area contributed by atoms with Crippen LogP contribution in [0.25, 0.3) is 0 Å². The van der Waals surface area contributed by atoms with Crippen molar-refractivity contribution in [3.05, 3.63) is 23.9 Å². The summed E-state index contributed by atoms with van der Waals surface area (Å²) < 4.78 is 0. The van der Waals surface area contributed by atoms with Gasteiger partial charge in [-0.15, -0.1) is 0 Å². The molecule has 0 N–H and O–H groups in total. The highest BCUT2D eigenvalue weighted by Crippen LogP contribution is 2.15. The molecule has 1 aliphatic heterocycles. The average molecular weight is 238 g/mol. The van der Waals surface area contributed by atoms with E-state index in [1.54, 1.807) is 0 Å². The van der Waals surface area contributed by atoms with Gasteiger partial charge in [0.05, 0.1) is 0 Å². The van der Waals surface area contributed by atoms with Crippen LogP contribution in [-0.4, -0.2) is 43.0 Å². The molecule has 0 bridgehead atoms. The van der Waals surface area contributed by atoms with Crippen LogP contribution in [0.3, 0.4) is 0 Å². The minimum atomic E-state index is 1.19. The van der Waals surface area contributed by atoms with E-state index >= 15 is 0 Å². The highest BCUT2D eigenvalue weighted by molar-refractivity contribution is 5.21. The number of allylic oxidation sites excluding steroid dienone is 3. The lowest BCUT2D eigenvalue weighted by molar-refractivity contribution is 0.189. The van der Waals surface area contributed by atoms with Crippen molar-refractivity contribution in [2.75, 3.05) is 33.2 Å². The van der Waals surface area contributed by atoms with E-state index in [2.05, 4.69) is 35.1 Å². The fourth-order valence-electron chi connectivity index (χ4n) is 1.90. The van der Waals surface area contributed by atoms with Gasteiger partial charge < -0.3 is 9.80 Å². The van der Waals surface area contributed by atoms with Gasteiger partial charge in [-0.25, -0.2) is 0 Å². The highest BCUT2D eigenvalue weighted by Gasteiger charge is 2.14. The van der Waals surface area contributed by atoms with Crippen LogP contribution in [0.15, 0.2) is 23.9 Å². The molecule has 2 heteroatoms. The van der Waals surface area contributed by atoms with Crippen molar-refractivity contribution < 1.29 is 0 Å². The molecule has 1 heterocycles. The summed E-state index contributed by atoms with van der Waals surface area (Å²) in [4.78, 5) is 4.89. The maximum atomic E-state index is 2.50. The Morgan fingerprint density at radius 3 is 1.94 bits per heavy atom. The van der Waals surface area contributed by atoms with Crippen molar-refractivity contribution in [3.63, 3.8) is 0 Å². The van der Waals surface area contributed by atoms with Crippen LogP contribution in [0.5, 0.6) is 0 Å². The van der Waals surface area contributed by atoms with Crippen molar-refractivity contribution in [2.24, 2.45) is 0 Å². The number of likely N-dealkylation sites (N-methyl/N-ethyl adjacent to an activating group) is 1. The van der Waals surface area contributed by atoms with E-state index in [9.17, 15) is 0 Å². The van der Waals surface area contributed by atoms with Gasteiger partial charge in [0.2, 0.25) is 0 Å². The zero-order valence-corrected chi connectivity index (χ0v) is 12.4. The molecule has 0 aromatic heterocycles. The van der Waals surface area contributed by atoms with Gasteiger partial charge in [-0.05, 0) is 26.0 Å². The molecule has 2 rings (SSSR count). The molecule has 0 aromatic rings. The van der Waals surface area contributed by atoms with Crippen molar-refractivity contribution in [2.45, 2.75) is 40.5 Å². The molecule has 1 aliphatic carbocycles. The maximum absolute atomic E-state index is 2.50. The van der Waals surface area contributed by atoms with Gasteiger partial charge in [-0.1, -0.05) is 39.8 Å². The van der Waals surface area contributed by atoms with Gasteiger partial charge in [-0.2, -0.15) is 0 Å². The molecule has 0 atom stereocenters. The van der Waals surface area contributed by atoms with Gasteiger partial charge in [0.15, 0.2) is 0 Å². The lowest BCUT2D eigenvalue weighted by Gasteiger charge is -2.35. The van der Waals surface area contributed by atoms with Crippen LogP contribution < -0.4 is 0 Å². The molecule has 2 aliphatic rings. The minimum Gasteiger partial charge on any atom is -0.369 e. The van der Waals surface area contributed by atoms with Gasteiger partial charge in [-0.3, -0.25) is 0 Å². The third-order valence-corrected chi connectivity index (χ3v) is 2.84. The third kappa shape index (κ3) is 5.92. The summed E-state index contributed by atoms with van der Waals surface area (Å²) in [6.45, 7) is 12.8. The van der Waals surface area contributed by atoms with Crippen molar-refractivity contribution in [1.29, 1.82) is 0 Å². The summed E-state index contributed by atoms with van der Waals surface area (Å²) in [5.74, 6) is 0. The number of rotatable bonds is 1. The molecule has 17 heavy (non-hydrogen) atoms.